The van der Waals surface area contributed by atoms with Crippen LogP contribution < -0.4 is 11.1 Å². The third-order valence-electron chi connectivity index (χ3n) is 1.51. The minimum atomic E-state index is -0.0579. The lowest BCUT2D eigenvalue weighted by Crippen LogP contribution is -2.22. The summed E-state index contributed by atoms with van der Waals surface area (Å²) < 4.78 is 0. The smallest absolute Gasteiger partial charge is 0.251 e. The molecule has 1 aromatic rings. The fourth-order valence-corrected chi connectivity index (χ4v) is 0.897. The zero-order valence-corrected chi connectivity index (χ0v) is 7.00. The normalized spacial score (nSPS) is 9.42. The van der Waals surface area contributed by atoms with Crippen LogP contribution in [-0.4, -0.2) is 12.5 Å². The van der Waals surface area contributed by atoms with E-state index in [9.17, 15) is 4.79 Å². The number of hydrogen-bond acceptors (Lipinski definition) is 2. The molecule has 0 spiro atoms. The van der Waals surface area contributed by atoms with Crippen molar-refractivity contribution in [3.05, 3.63) is 29.8 Å². The Kier molecular flexibility index (Phi) is 2.69. The topological polar surface area (TPSA) is 55.1 Å². The molecule has 0 atom stereocenters. The minimum Gasteiger partial charge on any atom is -0.399 e. The molecule has 3 N–H and O–H groups in total. The molecule has 0 fully saturated rings. The Hall–Kier alpha value is -1.51. The van der Waals surface area contributed by atoms with Gasteiger partial charge in [-0.2, -0.15) is 0 Å². The quantitative estimate of drug-likeness (QED) is 0.641. The van der Waals surface area contributed by atoms with Gasteiger partial charge in [-0.05, 0) is 31.2 Å². The zero-order valence-electron chi connectivity index (χ0n) is 7.00. The summed E-state index contributed by atoms with van der Waals surface area (Å²) in [6.45, 7) is 2.53. The molecule has 0 saturated carbocycles. The van der Waals surface area contributed by atoms with E-state index in [1.165, 1.54) is 0 Å². The van der Waals surface area contributed by atoms with Gasteiger partial charge in [-0.15, -0.1) is 0 Å². The Morgan fingerprint density at radius 2 is 2.00 bits per heavy atom. The first-order valence-electron chi connectivity index (χ1n) is 3.87. The van der Waals surface area contributed by atoms with Gasteiger partial charge in [-0.25, -0.2) is 0 Å². The molecule has 0 aliphatic heterocycles. The number of benzene rings is 1. The number of carbonyl (C=O) groups is 1. The van der Waals surface area contributed by atoms with Crippen molar-refractivity contribution in [2.24, 2.45) is 0 Å². The van der Waals surface area contributed by atoms with Crippen LogP contribution in [0.15, 0.2) is 24.3 Å². The van der Waals surface area contributed by atoms with Crippen molar-refractivity contribution in [1.82, 2.24) is 5.32 Å². The Bertz CT molecular complexity index is 266. The van der Waals surface area contributed by atoms with Crippen LogP contribution in [0.5, 0.6) is 0 Å². The van der Waals surface area contributed by atoms with E-state index in [-0.39, 0.29) is 5.91 Å². The minimum absolute atomic E-state index is 0.0579. The van der Waals surface area contributed by atoms with Crippen LogP contribution in [0.4, 0.5) is 5.69 Å². The van der Waals surface area contributed by atoms with Crippen molar-refractivity contribution in [3.8, 4) is 0 Å². The molecule has 0 radical (unpaired) electrons. The van der Waals surface area contributed by atoms with Crippen molar-refractivity contribution in [2.45, 2.75) is 6.92 Å². The second-order valence-corrected chi connectivity index (χ2v) is 2.48. The van der Waals surface area contributed by atoms with Crippen LogP contribution in [0.1, 0.15) is 17.3 Å². The molecule has 64 valence electrons. The maximum Gasteiger partial charge on any atom is 0.251 e. The van der Waals surface area contributed by atoms with Gasteiger partial charge in [0, 0.05) is 17.8 Å². The highest BCUT2D eigenvalue weighted by molar-refractivity contribution is 5.94. The van der Waals surface area contributed by atoms with Crippen LogP contribution in [-0.2, 0) is 0 Å². The number of nitrogens with two attached hydrogens (primary N) is 1. The molecule has 0 aromatic heterocycles. The van der Waals surface area contributed by atoms with Gasteiger partial charge >= 0.3 is 0 Å². The van der Waals surface area contributed by atoms with E-state index >= 15 is 0 Å². The maximum absolute atomic E-state index is 11.2. The van der Waals surface area contributed by atoms with Crippen molar-refractivity contribution < 1.29 is 4.79 Å². The maximum atomic E-state index is 11.2. The fraction of sp³-hybridized carbons (Fsp3) is 0.222. The summed E-state index contributed by atoms with van der Waals surface area (Å²) in [7, 11) is 0. The van der Waals surface area contributed by atoms with Gasteiger partial charge in [0.2, 0.25) is 0 Å². The standard InChI is InChI=1S/C9H12N2O/c1-2-11-9(12)7-3-5-8(10)6-4-7/h3-6H,2,10H2,1H3,(H,11,12). The molecule has 0 bridgehead atoms. The Morgan fingerprint density at radius 1 is 1.42 bits per heavy atom. The zero-order chi connectivity index (χ0) is 8.97. The first-order valence-corrected chi connectivity index (χ1v) is 3.87. The molecule has 0 heterocycles. The third kappa shape index (κ3) is 1.99. The van der Waals surface area contributed by atoms with E-state index in [1.807, 2.05) is 6.92 Å². The molecule has 1 aromatic carbocycles. The van der Waals surface area contributed by atoms with E-state index in [2.05, 4.69) is 5.32 Å². The summed E-state index contributed by atoms with van der Waals surface area (Å²) in [6.07, 6.45) is 0. The molecular formula is C9H12N2O. The van der Waals surface area contributed by atoms with Crippen LogP contribution in [0.3, 0.4) is 0 Å². The SMILES string of the molecule is CCNC(=O)c1ccc(N)cc1. The fourth-order valence-electron chi connectivity index (χ4n) is 0.897. The molecule has 1 amide bonds. The second kappa shape index (κ2) is 3.76. The molecule has 0 aliphatic rings. The molecule has 0 unspecified atom stereocenters. The lowest BCUT2D eigenvalue weighted by atomic mass is 10.2. The average molecular weight is 164 g/mol. The summed E-state index contributed by atoms with van der Waals surface area (Å²) in [6, 6.07) is 6.84. The highest BCUT2D eigenvalue weighted by Crippen LogP contribution is 2.04. The highest BCUT2D eigenvalue weighted by atomic mass is 16.1. The van der Waals surface area contributed by atoms with Crippen LogP contribution in [0.25, 0.3) is 0 Å². The number of amides is 1. The molecule has 3 heteroatoms. The number of nitrogens with one attached hydrogen (secondary N) is 1. The summed E-state index contributed by atoms with van der Waals surface area (Å²) >= 11 is 0. The molecule has 3 nitrogen and oxygen atoms in total. The van der Waals surface area contributed by atoms with Gasteiger partial charge in [0.25, 0.3) is 5.91 Å². The monoisotopic (exact) mass is 164 g/mol. The average Bonchev–Trinajstić information content (AvgIpc) is 2.06. The predicted molar refractivity (Wildman–Crippen MR) is 48.9 cm³/mol. The first-order chi connectivity index (χ1) is 5.74. The lowest BCUT2D eigenvalue weighted by Gasteiger charge is -2.01. The van der Waals surface area contributed by atoms with Gasteiger partial charge in [0.05, 0.1) is 0 Å². The Balaban J connectivity index is 2.75. The summed E-state index contributed by atoms with van der Waals surface area (Å²) in [5.41, 5.74) is 6.78. The van der Waals surface area contributed by atoms with Crippen molar-refractivity contribution in [3.63, 3.8) is 0 Å². The molecular weight excluding hydrogens is 152 g/mol. The van der Waals surface area contributed by atoms with E-state index in [0.29, 0.717) is 17.8 Å². The third-order valence-corrected chi connectivity index (χ3v) is 1.51. The number of anilines is 1. The van der Waals surface area contributed by atoms with Gasteiger partial charge in [-0.3, -0.25) is 4.79 Å². The molecule has 1 rings (SSSR count). The van der Waals surface area contributed by atoms with Crippen LogP contribution in [0.2, 0.25) is 0 Å². The van der Waals surface area contributed by atoms with Crippen LogP contribution in [0, 0.1) is 0 Å². The van der Waals surface area contributed by atoms with Crippen molar-refractivity contribution >= 4 is 11.6 Å². The number of carbonyl (C=O) groups excluding carboxylic acids is 1. The largest absolute Gasteiger partial charge is 0.399 e. The van der Waals surface area contributed by atoms with E-state index in [1.54, 1.807) is 24.3 Å². The van der Waals surface area contributed by atoms with Gasteiger partial charge in [0.1, 0.15) is 0 Å². The Labute approximate surface area is 71.6 Å². The number of nitrogen functional groups attached to an aromatic ring is 1. The van der Waals surface area contributed by atoms with Crippen LogP contribution >= 0.6 is 0 Å². The summed E-state index contributed by atoms with van der Waals surface area (Å²) in [5.74, 6) is -0.0579. The number of rotatable bonds is 2. The second-order valence-electron chi connectivity index (χ2n) is 2.48. The predicted octanol–water partition coefficient (Wildman–Crippen LogP) is 1.02. The molecule has 0 aliphatic carbocycles. The van der Waals surface area contributed by atoms with Gasteiger partial charge < -0.3 is 11.1 Å². The summed E-state index contributed by atoms with van der Waals surface area (Å²) in [4.78, 5) is 11.2. The van der Waals surface area contributed by atoms with E-state index in [4.69, 9.17) is 5.73 Å². The molecule has 0 saturated heterocycles. The first kappa shape index (κ1) is 8.59. The Morgan fingerprint density at radius 3 is 2.50 bits per heavy atom. The van der Waals surface area contributed by atoms with Crippen molar-refractivity contribution in [2.75, 3.05) is 12.3 Å². The van der Waals surface area contributed by atoms with E-state index in [0.717, 1.165) is 0 Å². The number of hydrogen-bond donors (Lipinski definition) is 2. The molecule has 12 heavy (non-hydrogen) atoms. The van der Waals surface area contributed by atoms with E-state index < -0.39 is 0 Å². The van der Waals surface area contributed by atoms with Gasteiger partial charge in [0.15, 0.2) is 0 Å². The van der Waals surface area contributed by atoms with Gasteiger partial charge in [-0.1, -0.05) is 0 Å². The highest BCUT2D eigenvalue weighted by Gasteiger charge is 2.01. The lowest BCUT2D eigenvalue weighted by molar-refractivity contribution is 0.0956. The summed E-state index contributed by atoms with van der Waals surface area (Å²) in [5, 5.41) is 2.70. The van der Waals surface area contributed by atoms with Crippen molar-refractivity contribution in [1.29, 1.82) is 0 Å².